The van der Waals surface area contributed by atoms with Crippen molar-refractivity contribution in [3.05, 3.63) is 90.0 Å². The lowest BCUT2D eigenvalue weighted by Gasteiger charge is -2.55. The molecular formula is C29H24F3N3O3. The van der Waals surface area contributed by atoms with Gasteiger partial charge in [-0.05, 0) is 73.7 Å². The SMILES string of the molecule is O=C1N(c2ccccc2)C(=O)C2(Cc3cc(C(F)(F)F)ccc3N3CCCC[C@@H]32)C(=O)N1c1ccccc1. The Bertz CT molecular complexity index is 1360. The van der Waals surface area contributed by atoms with E-state index in [1.165, 1.54) is 6.07 Å². The average Bonchev–Trinajstić information content (AvgIpc) is 2.92. The van der Waals surface area contributed by atoms with Crippen molar-refractivity contribution in [2.45, 2.75) is 37.9 Å². The summed E-state index contributed by atoms with van der Waals surface area (Å²) in [6, 6.07) is 18.8. The van der Waals surface area contributed by atoms with Crippen LogP contribution in [0.2, 0.25) is 0 Å². The number of hydrogen-bond acceptors (Lipinski definition) is 4. The van der Waals surface area contributed by atoms with Crippen LogP contribution in [0.25, 0.3) is 0 Å². The second kappa shape index (κ2) is 8.72. The van der Waals surface area contributed by atoms with Crippen molar-refractivity contribution in [2.24, 2.45) is 5.41 Å². The van der Waals surface area contributed by atoms with Crippen LogP contribution >= 0.6 is 0 Å². The molecule has 3 aliphatic heterocycles. The first-order valence-corrected chi connectivity index (χ1v) is 12.5. The quantitative estimate of drug-likeness (QED) is 0.401. The highest BCUT2D eigenvalue weighted by molar-refractivity contribution is 6.39. The van der Waals surface area contributed by atoms with E-state index in [0.29, 0.717) is 30.0 Å². The summed E-state index contributed by atoms with van der Waals surface area (Å²) in [6.45, 7) is 0.496. The number of carbonyl (C=O) groups is 3. The number of carbonyl (C=O) groups excluding carboxylic acids is 3. The molecule has 194 valence electrons. The third-order valence-corrected chi connectivity index (χ3v) is 7.84. The molecule has 2 fully saturated rings. The fraction of sp³-hybridized carbons (Fsp3) is 0.276. The zero-order valence-electron chi connectivity index (χ0n) is 20.3. The summed E-state index contributed by atoms with van der Waals surface area (Å²) in [5.41, 5.74) is -1.15. The second-order valence-corrected chi connectivity index (χ2v) is 9.93. The molecular weight excluding hydrogens is 495 g/mol. The number of rotatable bonds is 2. The van der Waals surface area contributed by atoms with Crippen molar-refractivity contribution in [1.29, 1.82) is 0 Å². The highest BCUT2D eigenvalue weighted by Gasteiger charge is 2.65. The van der Waals surface area contributed by atoms with Crippen molar-refractivity contribution in [3.63, 3.8) is 0 Å². The van der Waals surface area contributed by atoms with Gasteiger partial charge in [0.1, 0.15) is 0 Å². The van der Waals surface area contributed by atoms with Gasteiger partial charge in [0.15, 0.2) is 5.41 Å². The van der Waals surface area contributed by atoms with Gasteiger partial charge < -0.3 is 4.90 Å². The summed E-state index contributed by atoms with van der Waals surface area (Å²) in [6.07, 6.45) is -2.78. The Morgan fingerprint density at radius 2 is 1.34 bits per heavy atom. The van der Waals surface area contributed by atoms with E-state index in [1.54, 1.807) is 60.7 Å². The normalized spacial score (nSPS) is 21.0. The molecule has 0 N–H and O–H groups in total. The molecule has 0 saturated carbocycles. The van der Waals surface area contributed by atoms with Crippen LogP contribution in [0.5, 0.6) is 0 Å². The Balaban J connectivity index is 1.59. The molecule has 6 rings (SSSR count). The molecule has 3 aromatic carbocycles. The Morgan fingerprint density at radius 1 is 0.763 bits per heavy atom. The molecule has 0 unspecified atom stereocenters. The number of piperidine rings is 1. The van der Waals surface area contributed by atoms with E-state index in [2.05, 4.69) is 0 Å². The standard InChI is InChI=1S/C29H24F3N3O3/c30-29(31,32)20-14-15-23-19(17-20)18-28(24-13-7-8-16-33(23)24)25(36)34(21-9-3-1-4-10-21)27(38)35(26(28)37)22-11-5-2-6-12-22/h1-6,9-12,14-15,17,24H,7-8,13,16,18H2/t24-/m1/s1. The third kappa shape index (κ3) is 3.52. The van der Waals surface area contributed by atoms with Crippen LogP contribution in [-0.2, 0) is 22.2 Å². The summed E-state index contributed by atoms with van der Waals surface area (Å²) in [5, 5.41) is 0. The maximum atomic E-state index is 14.5. The van der Waals surface area contributed by atoms with Gasteiger partial charge in [-0.3, -0.25) is 9.59 Å². The van der Waals surface area contributed by atoms with Gasteiger partial charge in [0.05, 0.1) is 23.0 Å². The molecule has 0 bridgehead atoms. The van der Waals surface area contributed by atoms with E-state index >= 15 is 0 Å². The number of urea groups is 1. The number of alkyl halides is 3. The molecule has 38 heavy (non-hydrogen) atoms. The van der Waals surface area contributed by atoms with Crippen LogP contribution in [0.1, 0.15) is 30.4 Å². The summed E-state index contributed by atoms with van der Waals surface area (Å²) in [7, 11) is 0. The van der Waals surface area contributed by atoms with E-state index in [1.807, 2.05) is 4.90 Å². The van der Waals surface area contributed by atoms with Crippen molar-refractivity contribution in [3.8, 4) is 0 Å². The molecule has 4 amide bonds. The van der Waals surface area contributed by atoms with Gasteiger partial charge in [0.2, 0.25) is 0 Å². The second-order valence-electron chi connectivity index (χ2n) is 9.93. The molecule has 3 aliphatic rings. The topological polar surface area (TPSA) is 60.9 Å². The van der Waals surface area contributed by atoms with Crippen LogP contribution in [0.15, 0.2) is 78.9 Å². The van der Waals surface area contributed by atoms with Crippen LogP contribution in [0, 0.1) is 5.41 Å². The van der Waals surface area contributed by atoms with Crippen molar-refractivity contribution < 1.29 is 27.6 Å². The number of fused-ring (bicyclic) bond motifs is 4. The minimum absolute atomic E-state index is 0.231. The van der Waals surface area contributed by atoms with Gasteiger partial charge in [0.25, 0.3) is 11.8 Å². The number of anilines is 3. The molecule has 3 heterocycles. The zero-order chi connectivity index (χ0) is 26.7. The Labute approximate surface area is 217 Å². The lowest BCUT2D eigenvalue weighted by atomic mass is 9.65. The average molecular weight is 520 g/mol. The largest absolute Gasteiger partial charge is 0.416 e. The highest BCUT2D eigenvalue weighted by atomic mass is 19.4. The number of imide groups is 2. The first-order valence-electron chi connectivity index (χ1n) is 12.5. The monoisotopic (exact) mass is 519 g/mol. The molecule has 3 aromatic rings. The van der Waals surface area contributed by atoms with Gasteiger partial charge >= 0.3 is 12.2 Å². The lowest BCUT2D eigenvalue weighted by molar-refractivity contribution is -0.143. The van der Waals surface area contributed by atoms with Crippen LogP contribution in [0.3, 0.4) is 0 Å². The Morgan fingerprint density at radius 3 is 1.89 bits per heavy atom. The molecule has 0 radical (unpaired) electrons. The smallest absolute Gasteiger partial charge is 0.367 e. The first-order chi connectivity index (χ1) is 18.2. The van der Waals surface area contributed by atoms with Gasteiger partial charge in [-0.2, -0.15) is 13.2 Å². The molecule has 2 saturated heterocycles. The van der Waals surface area contributed by atoms with Crippen molar-refractivity contribution in [1.82, 2.24) is 0 Å². The number of halogens is 3. The van der Waals surface area contributed by atoms with Crippen molar-refractivity contribution in [2.75, 3.05) is 21.2 Å². The van der Waals surface area contributed by atoms with E-state index in [9.17, 15) is 27.6 Å². The molecule has 6 nitrogen and oxygen atoms in total. The van der Waals surface area contributed by atoms with Gasteiger partial charge in [0, 0.05) is 12.2 Å². The molecule has 1 spiro atoms. The molecule has 9 heteroatoms. The lowest BCUT2D eigenvalue weighted by Crippen LogP contribution is -2.73. The van der Waals surface area contributed by atoms with Crippen LogP contribution in [0.4, 0.5) is 35.0 Å². The number of benzene rings is 3. The minimum atomic E-state index is -4.58. The minimum Gasteiger partial charge on any atom is -0.367 e. The van der Waals surface area contributed by atoms with Crippen LogP contribution in [-0.4, -0.2) is 30.4 Å². The summed E-state index contributed by atoms with van der Waals surface area (Å²) < 4.78 is 41.1. The maximum absolute atomic E-state index is 14.5. The highest BCUT2D eigenvalue weighted by Crippen LogP contribution is 2.51. The number of hydrogen-bond donors (Lipinski definition) is 0. The van der Waals surface area contributed by atoms with E-state index in [-0.39, 0.29) is 12.0 Å². The van der Waals surface area contributed by atoms with Gasteiger partial charge in [-0.15, -0.1) is 0 Å². The van der Waals surface area contributed by atoms with E-state index in [4.69, 9.17) is 0 Å². The fourth-order valence-electron chi connectivity index (χ4n) is 6.14. The van der Waals surface area contributed by atoms with Crippen molar-refractivity contribution >= 4 is 34.9 Å². The first kappa shape index (κ1) is 24.2. The third-order valence-electron chi connectivity index (χ3n) is 7.84. The predicted octanol–water partition coefficient (Wildman–Crippen LogP) is 5.81. The number of barbiturate groups is 1. The van der Waals surface area contributed by atoms with Gasteiger partial charge in [-0.1, -0.05) is 36.4 Å². The number of nitrogens with zero attached hydrogens (tertiary/aromatic N) is 3. The summed E-state index contributed by atoms with van der Waals surface area (Å²) >= 11 is 0. The summed E-state index contributed by atoms with van der Waals surface area (Å²) in [5.74, 6) is -1.41. The molecule has 0 aromatic heterocycles. The zero-order valence-corrected chi connectivity index (χ0v) is 20.3. The predicted molar refractivity (Wildman–Crippen MR) is 136 cm³/mol. The summed E-state index contributed by atoms with van der Waals surface area (Å²) in [4.78, 5) is 46.7. The fourth-order valence-corrected chi connectivity index (χ4v) is 6.14. The Hall–Kier alpha value is -4.14. The van der Waals surface area contributed by atoms with E-state index < -0.39 is 41.0 Å². The van der Waals surface area contributed by atoms with E-state index in [0.717, 1.165) is 34.8 Å². The van der Waals surface area contributed by atoms with Gasteiger partial charge in [-0.25, -0.2) is 14.6 Å². The molecule has 1 atom stereocenters. The Kier molecular flexibility index (Phi) is 5.55. The van der Waals surface area contributed by atoms with Crippen LogP contribution < -0.4 is 14.7 Å². The molecule has 0 aliphatic carbocycles. The number of amides is 4. The number of para-hydroxylation sites is 2. The maximum Gasteiger partial charge on any atom is 0.416 e.